The summed E-state index contributed by atoms with van der Waals surface area (Å²) in [5.41, 5.74) is 3.51. The van der Waals surface area contributed by atoms with Gasteiger partial charge in [-0.2, -0.15) is 5.10 Å². The molecule has 1 aliphatic rings. The predicted octanol–water partition coefficient (Wildman–Crippen LogP) is 4.85. The highest BCUT2D eigenvalue weighted by Crippen LogP contribution is 2.41. The first-order valence-corrected chi connectivity index (χ1v) is 11.3. The van der Waals surface area contributed by atoms with Crippen molar-refractivity contribution in [2.45, 2.75) is 24.0 Å². The van der Waals surface area contributed by atoms with E-state index >= 15 is 0 Å². The largest absolute Gasteiger partial charge is 0.323 e. The first kappa shape index (κ1) is 19.8. The zero-order valence-electron chi connectivity index (χ0n) is 16.5. The maximum absolute atomic E-state index is 12.7. The zero-order valence-corrected chi connectivity index (χ0v) is 18.1. The van der Waals surface area contributed by atoms with Crippen molar-refractivity contribution in [2.24, 2.45) is 0 Å². The summed E-state index contributed by atoms with van der Waals surface area (Å²) < 4.78 is 3.85. The van der Waals surface area contributed by atoms with Gasteiger partial charge in [-0.3, -0.25) is 4.79 Å². The van der Waals surface area contributed by atoms with E-state index in [4.69, 9.17) is 11.6 Å². The molecule has 0 spiro atoms. The van der Waals surface area contributed by atoms with Crippen LogP contribution in [-0.4, -0.2) is 36.0 Å². The van der Waals surface area contributed by atoms with E-state index in [1.165, 1.54) is 18.1 Å². The van der Waals surface area contributed by atoms with E-state index in [2.05, 4.69) is 37.1 Å². The highest BCUT2D eigenvalue weighted by molar-refractivity contribution is 7.99. The number of anilines is 1. The Morgan fingerprint density at radius 1 is 1.19 bits per heavy atom. The molecule has 2 aromatic carbocycles. The molecule has 1 aliphatic carbocycles. The van der Waals surface area contributed by atoms with Crippen molar-refractivity contribution in [1.82, 2.24) is 24.3 Å². The maximum atomic E-state index is 12.7. The molecule has 1 amide bonds. The van der Waals surface area contributed by atoms with E-state index in [0.717, 1.165) is 29.3 Å². The summed E-state index contributed by atoms with van der Waals surface area (Å²) in [5.74, 6) is 0.0987. The number of nitrogens with zero attached hydrogens (tertiary/aromatic N) is 5. The maximum Gasteiger partial charge on any atom is 0.234 e. The lowest BCUT2D eigenvalue weighted by Crippen LogP contribution is -2.16. The molecule has 1 N–H and O–H groups in total. The number of halogens is 1. The minimum Gasteiger partial charge on any atom is -0.323 e. The molecule has 0 atom stereocenters. The van der Waals surface area contributed by atoms with E-state index < -0.39 is 0 Å². The van der Waals surface area contributed by atoms with Gasteiger partial charge in [0.05, 0.1) is 29.0 Å². The van der Waals surface area contributed by atoms with Gasteiger partial charge in [0, 0.05) is 11.1 Å². The SMILES string of the molecule is O=C(CSc1ncc(-c2ccccc2)n1C1CC1)Nc1cc(Cl)ccc1-n1cncn1. The summed E-state index contributed by atoms with van der Waals surface area (Å²) in [6.07, 6.45) is 7.19. The Bertz CT molecular complexity index is 1200. The number of thioether (sulfide) groups is 1. The molecule has 5 rings (SSSR count). The summed E-state index contributed by atoms with van der Waals surface area (Å²) in [7, 11) is 0. The second kappa shape index (κ2) is 8.56. The molecule has 7 nitrogen and oxygen atoms in total. The van der Waals surface area contributed by atoms with Crippen LogP contribution in [0, 0.1) is 0 Å². The Morgan fingerprint density at radius 2 is 2.03 bits per heavy atom. The molecule has 156 valence electrons. The molecule has 2 aromatic heterocycles. The molecular formula is C22H19ClN6OS. The number of nitrogens with one attached hydrogen (secondary N) is 1. The summed E-state index contributed by atoms with van der Waals surface area (Å²) in [4.78, 5) is 21.3. The van der Waals surface area contributed by atoms with Crippen LogP contribution >= 0.6 is 23.4 Å². The van der Waals surface area contributed by atoms with Crippen molar-refractivity contribution in [3.05, 3.63) is 72.4 Å². The molecule has 1 fully saturated rings. The van der Waals surface area contributed by atoms with Gasteiger partial charge in [0.25, 0.3) is 0 Å². The lowest BCUT2D eigenvalue weighted by Gasteiger charge is -2.12. The number of aromatic nitrogens is 5. The normalized spacial score (nSPS) is 13.3. The first-order chi connectivity index (χ1) is 15.2. The second-order valence-electron chi connectivity index (χ2n) is 7.23. The topological polar surface area (TPSA) is 77.6 Å². The number of amides is 1. The number of carbonyl (C=O) groups excluding carboxylic acids is 1. The minimum absolute atomic E-state index is 0.139. The van der Waals surface area contributed by atoms with Crippen LogP contribution in [-0.2, 0) is 4.79 Å². The van der Waals surface area contributed by atoms with Crippen LogP contribution in [0.1, 0.15) is 18.9 Å². The Labute approximate surface area is 188 Å². The van der Waals surface area contributed by atoms with Crippen molar-refractivity contribution in [1.29, 1.82) is 0 Å². The zero-order chi connectivity index (χ0) is 21.2. The molecule has 0 aliphatic heterocycles. The van der Waals surface area contributed by atoms with Crippen LogP contribution in [0.25, 0.3) is 16.9 Å². The van der Waals surface area contributed by atoms with Crippen LogP contribution in [0.5, 0.6) is 0 Å². The van der Waals surface area contributed by atoms with Crippen LogP contribution < -0.4 is 5.32 Å². The highest BCUT2D eigenvalue weighted by atomic mass is 35.5. The van der Waals surface area contributed by atoms with Crippen molar-refractivity contribution in [3.63, 3.8) is 0 Å². The number of carbonyl (C=O) groups is 1. The monoisotopic (exact) mass is 450 g/mol. The van der Waals surface area contributed by atoms with E-state index in [-0.39, 0.29) is 11.7 Å². The summed E-state index contributed by atoms with van der Waals surface area (Å²) in [5, 5.41) is 8.47. The van der Waals surface area contributed by atoms with Crippen LogP contribution in [0.2, 0.25) is 5.02 Å². The van der Waals surface area contributed by atoms with Gasteiger partial charge in [-0.15, -0.1) is 0 Å². The van der Waals surface area contributed by atoms with Crippen molar-refractivity contribution in [2.75, 3.05) is 11.1 Å². The van der Waals surface area contributed by atoms with E-state index in [0.29, 0.717) is 22.4 Å². The summed E-state index contributed by atoms with van der Waals surface area (Å²) in [6.45, 7) is 0. The fourth-order valence-electron chi connectivity index (χ4n) is 3.42. The smallest absolute Gasteiger partial charge is 0.234 e. The Balaban J connectivity index is 1.32. The third-order valence-corrected chi connectivity index (χ3v) is 6.18. The summed E-state index contributed by atoms with van der Waals surface area (Å²) in [6, 6.07) is 15.9. The lowest BCUT2D eigenvalue weighted by molar-refractivity contribution is -0.113. The number of imidazole rings is 1. The predicted molar refractivity (Wildman–Crippen MR) is 122 cm³/mol. The van der Waals surface area contributed by atoms with E-state index in [1.807, 2.05) is 24.4 Å². The van der Waals surface area contributed by atoms with Crippen LogP contribution in [0.3, 0.4) is 0 Å². The first-order valence-electron chi connectivity index (χ1n) is 9.89. The fourth-order valence-corrected chi connectivity index (χ4v) is 4.43. The minimum atomic E-state index is -0.139. The Hall–Kier alpha value is -3.10. The van der Waals surface area contributed by atoms with Crippen molar-refractivity contribution < 1.29 is 4.79 Å². The highest BCUT2D eigenvalue weighted by Gasteiger charge is 2.29. The quantitative estimate of drug-likeness (QED) is 0.407. The van der Waals surface area contributed by atoms with Gasteiger partial charge in [0.1, 0.15) is 12.7 Å². The molecule has 4 aromatic rings. The van der Waals surface area contributed by atoms with Gasteiger partial charge in [-0.05, 0) is 36.6 Å². The van der Waals surface area contributed by atoms with Gasteiger partial charge < -0.3 is 9.88 Å². The molecule has 1 saturated carbocycles. The molecule has 0 bridgehead atoms. The van der Waals surface area contributed by atoms with Crippen molar-refractivity contribution in [3.8, 4) is 16.9 Å². The standard InChI is InChI=1S/C22H19ClN6OS/c23-16-6-9-19(28-14-24-13-26-28)18(10-16)27-21(30)12-31-22-25-11-20(29(22)17-7-8-17)15-4-2-1-3-5-15/h1-6,9-11,13-14,17H,7-8,12H2,(H,27,30). The van der Waals surface area contributed by atoms with Gasteiger partial charge >= 0.3 is 0 Å². The Kier molecular flexibility index (Phi) is 5.48. The Morgan fingerprint density at radius 3 is 2.77 bits per heavy atom. The molecule has 9 heteroatoms. The second-order valence-corrected chi connectivity index (χ2v) is 8.61. The third-order valence-electron chi connectivity index (χ3n) is 4.98. The van der Waals surface area contributed by atoms with Gasteiger partial charge in [-0.25, -0.2) is 14.6 Å². The molecule has 2 heterocycles. The van der Waals surface area contributed by atoms with Crippen molar-refractivity contribution >= 4 is 35.0 Å². The molecule has 0 radical (unpaired) electrons. The van der Waals surface area contributed by atoms with Gasteiger partial charge in [0.2, 0.25) is 5.91 Å². The van der Waals surface area contributed by atoms with Crippen LogP contribution in [0.4, 0.5) is 5.69 Å². The molecule has 0 saturated heterocycles. The average Bonchev–Trinajstić information content (AvgIpc) is 3.30. The number of hydrogen-bond acceptors (Lipinski definition) is 5. The van der Waals surface area contributed by atoms with E-state index in [9.17, 15) is 4.79 Å². The van der Waals surface area contributed by atoms with Crippen LogP contribution in [0.15, 0.2) is 72.5 Å². The fraction of sp³-hybridized carbons (Fsp3) is 0.182. The lowest BCUT2D eigenvalue weighted by atomic mass is 10.2. The number of benzene rings is 2. The number of rotatable bonds is 7. The number of hydrogen-bond donors (Lipinski definition) is 1. The van der Waals surface area contributed by atoms with Gasteiger partial charge in [0.15, 0.2) is 5.16 Å². The molecule has 31 heavy (non-hydrogen) atoms. The van der Waals surface area contributed by atoms with E-state index in [1.54, 1.807) is 29.2 Å². The average molecular weight is 451 g/mol. The molecular weight excluding hydrogens is 432 g/mol. The van der Waals surface area contributed by atoms with Gasteiger partial charge in [-0.1, -0.05) is 53.7 Å². The third kappa shape index (κ3) is 4.35. The molecule has 0 unspecified atom stereocenters. The summed E-state index contributed by atoms with van der Waals surface area (Å²) >= 11 is 7.58.